The standard InChI is InChI=1S/C10H22O4SSi/c1-5-13-16(4,14-6-2)8-15-7-9(3)10(11)12/h9H,5-8H2,1-4H3,(H,11,12). The SMILES string of the molecule is CCO[Si](C)(CSCC(C)C(=O)O)OCC. The van der Waals surface area contributed by atoms with E-state index in [1.54, 1.807) is 18.7 Å². The van der Waals surface area contributed by atoms with Crippen LogP contribution in [-0.2, 0) is 13.6 Å². The van der Waals surface area contributed by atoms with Gasteiger partial charge in [0.25, 0.3) is 0 Å². The molecule has 0 rings (SSSR count). The van der Waals surface area contributed by atoms with Gasteiger partial charge in [-0.15, -0.1) is 0 Å². The zero-order valence-corrected chi connectivity index (χ0v) is 12.3. The lowest BCUT2D eigenvalue weighted by Crippen LogP contribution is -2.42. The second kappa shape index (κ2) is 8.11. The van der Waals surface area contributed by atoms with Crippen LogP contribution in [0.5, 0.6) is 0 Å². The number of thioether (sulfide) groups is 1. The summed E-state index contributed by atoms with van der Waals surface area (Å²) in [5.41, 5.74) is 0. The average Bonchev–Trinajstić information content (AvgIpc) is 2.17. The van der Waals surface area contributed by atoms with E-state index in [2.05, 4.69) is 0 Å². The molecule has 96 valence electrons. The Balaban J connectivity index is 3.97. The summed E-state index contributed by atoms with van der Waals surface area (Å²) in [7, 11) is -2.08. The van der Waals surface area contributed by atoms with Gasteiger partial charge < -0.3 is 14.0 Å². The molecule has 0 bridgehead atoms. The molecule has 0 aliphatic rings. The van der Waals surface area contributed by atoms with E-state index >= 15 is 0 Å². The highest BCUT2D eigenvalue weighted by Gasteiger charge is 2.31. The first-order valence-corrected chi connectivity index (χ1v) is 9.21. The summed E-state index contributed by atoms with van der Waals surface area (Å²) >= 11 is 1.61. The predicted molar refractivity (Wildman–Crippen MR) is 69.0 cm³/mol. The van der Waals surface area contributed by atoms with Crippen LogP contribution in [0.2, 0.25) is 6.55 Å². The summed E-state index contributed by atoms with van der Waals surface area (Å²) in [5, 5.41) is 9.54. The Morgan fingerprint density at radius 1 is 1.38 bits per heavy atom. The molecule has 0 saturated heterocycles. The molecule has 0 heterocycles. The highest BCUT2D eigenvalue weighted by molar-refractivity contribution is 8.00. The first-order chi connectivity index (χ1) is 7.45. The normalized spacial score (nSPS) is 13.8. The van der Waals surface area contributed by atoms with Gasteiger partial charge in [-0.2, -0.15) is 11.8 Å². The lowest BCUT2D eigenvalue weighted by Gasteiger charge is -2.25. The summed E-state index contributed by atoms with van der Waals surface area (Å²) in [6.07, 6.45) is 0. The molecule has 0 aromatic heterocycles. The van der Waals surface area contributed by atoms with Gasteiger partial charge in [0, 0.05) is 24.3 Å². The van der Waals surface area contributed by atoms with E-state index in [1.165, 1.54) is 0 Å². The van der Waals surface area contributed by atoms with E-state index in [9.17, 15) is 4.79 Å². The molecule has 1 atom stereocenters. The van der Waals surface area contributed by atoms with Crippen molar-refractivity contribution in [1.82, 2.24) is 0 Å². The maximum atomic E-state index is 10.6. The highest BCUT2D eigenvalue weighted by Crippen LogP contribution is 2.17. The number of carboxylic acid groups (broad SMARTS) is 1. The molecule has 0 aliphatic heterocycles. The zero-order valence-electron chi connectivity index (χ0n) is 10.5. The minimum Gasteiger partial charge on any atom is -0.481 e. The molecule has 1 unspecified atom stereocenters. The summed E-state index contributed by atoms with van der Waals surface area (Å²) in [6.45, 7) is 8.95. The first kappa shape index (κ1) is 16.0. The monoisotopic (exact) mass is 266 g/mol. The first-order valence-electron chi connectivity index (χ1n) is 5.53. The Hall–Kier alpha value is -0.0431. The van der Waals surface area contributed by atoms with Crippen LogP contribution in [0.15, 0.2) is 0 Å². The van der Waals surface area contributed by atoms with Crippen LogP contribution in [-0.4, -0.2) is 44.0 Å². The van der Waals surface area contributed by atoms with Crippen molar-refractivity contribution in [2.75, 3.05) is 24.3 Å². The lowest BCUT2D eigenvalue weighted by atomic mass is 10.2. The van der Waals surface area contributed by atoms with Gasteiger partial charge in [0.1, 0.15) is 0 Å². The third-order valence-electron chi connectivity index (χ3n) is 2.05. The summed E-state index contributed by atoms with van der Waals surface area (Å²) in [4.78, 5) is 10.6. The molecule has 0 spiro atoms. The molecule has 0 aromatic carbocycles. The van der Waals surface area contributed by atoms with Gasteiger partial charge in [-0.05, 0) is 20.4 Å². The zero-order chi connectivity index (χ0) is 12.6. The molecule has 0 radical (unpaired) electrons. The quantitative estimate of drug-likeness (QED) is 0.648. The summed E-state index contributed by atoms with van der Waals surface area (Å²) < 4.78 is 11.3. The van der Waals surface area contributed by atoms with Crippen LogP contribution in [0.4, 0.5) is 0 Å². The smallest absolute Gasteiger partial charge is 0.345 e. The van der Waals surface area contributed by atoms with Gasteiger partial charge in [-0.1, -0.05) is 6.92 Å². The Labute approximate surface area is 103 Å². The molecule has 16 heavy (non-hydrogen) atoms. The van der Waals surface area contributed by atoms with Crippen molar-refractivity contribution < 1.29 is 18.8 Å². The fourth-order valence-electron chi connectivity index (χ4n) is 1.23. The predicted octanol–water partition coefficient (Wildman–Crippen LogP) is 2.12. The van der Waals surface area contributed by atoms with Crippen LogP contribution in [0.1, 0.15) is 20.8 Å². The number of aliphatic carboxylic acids is 1. The highest BCUT2D eigenvalue weighted by atomic mass is 32.2. The van der Waals surface area contributed by atoms with Crippen molar-refractivity contribution in [3.63, 3.8) is 0 Å². The average molecular weight is 266 g/mol. The van der Waals surface area contributed by atoms with Crippen molar-refractivity contribution in [3.8, 4) is 0 Å². The fourth-order valence-corrected chi connectivity index (χ4v) is 5.65. The minimum atomic E-state index is -2.08. The van der Waals surface area contributed by atoms with Crippen LogP contribution in [0, 0.1) is 5.92 Å². The van der Waals surface area contributed by atoms with Gasteiger partial charge in [0.05, 0.1) is 5.92 Å². The minimum absolute atomic E-state index is 0.313. The molecule has 1 N–H and O–H groups in total. The van der Waals surface area contributed by atoms with Crippen molar-refractivity contribution in [3.05, 3.63) is 0 Å². The summed E-state index contributed by atoms with van der Waals surface area (Å²) in [6, 6.07) is 0. The lowest BCUT2D eigenvalue weighted by molar-refractivity contribution is -0.140. The second-order valence-electron chi connectivity index (χ2n) is 3.75. The Bertz CT molecular complexity index is 207. The number of hydrogen-bond acceptors (Lipinski definition) is 4. The van der Waals surface area contributed by atoms with E-state index in [1.807, 2.05) is 20.4 Å². The van der Waals surface area contributed by atoms with Gasteiger partial charge in [0.2, 0.25) is 0 Å². The van der Waals surface area contributed by atoms with Crippen LogP contribution < -0.4 is 0 Å². The number of hydrogen-bond donors (Lipinski definition) is 1. The summed E-state index contributed by atoms with van der Waals surface area (Å²) in [5.74, 6) is -0.451. The van der Waals surface area contributed by atoms with E-state index in [0.29, 0.717) is 19.0 Å². The van der Waals surface area contributed by atoms with Crippen LogP contribution in [0.3, 0.4) is 0 Å². The van der Waals surface area contributed by atoms with Gasteiger partial charge in [0.15, 0.2) is 0 Å². The molecular weight excluding hydrogens is 244 g/mol. The molecule has 0 amide bonds. The van der Waals surface area contributed by atoms with Crippen molar-refractivity contribution in [1.29, 1.82) is 0 Å². The Morgan fingerprint density at radius 2 is 1.88 bits per heavy atom. The maximum absolute atomic E-state index is 10.6. The molecule has 0 fully saturated rings. The van der Waals surface area contributed by atoms with Crippen molar-refractivity contribution in [2.45, 2.75) is 27.3 Å². The molecular formula is C10H22O4SSi. The number of carbonyl (C=O) groups is 1. The van der Waals surface area contributed by atoms with E-state index in [0.717, 1.165) is 5.38 Å². The fraction of sp³-hybridized carbons (Fsp3) is 0.900. The third kappa shape index (κ3) is 6.52. The van der Waals surface area contributed by atoms with Gasteiger partial charge in [-0.25, -0.2) is 0 Å². The molecule has 6 heteroatoms. The van der Waals surface area contributed by atoms with E-state index < -0.39 is 14.5 Å². The third-order valence-corrected chi connectivity index (χ3v) is 7.50. The molecule has 4 nitrogen and oxygen atoms in total. The van der Waals surface area contributed by atoms with Gasteiger partial charge in [-0.3, -0.25) is 4.79 Å². The Kier molecular flexibility index (Phi) is 8.09. The topological polar surface area (TPSA) is 55.8 Å². The largest absolute Gasteiger partial charge is 0.481 e. The van der Waals surface area contributed by atoms with Crippen LogP contribution >= 0.6 is 11.8 Å². The molecule has 0 aromatic rings. The number of carboxylic acids is 1. The maximum Gasteiger partial charge on any atom is 0.345 e. The van der Waals surface area contributed by atoms with Crippen LogP contribution in [0.25, 0.3) is 0 Å². The van der Waals surface area contributed by atoms with Crippen molar-refractivity contribution >= 4 is 26.3 Å². The Morgan fingerprint density at radius 3 is 2.25 bits per heavy atom. The van der Waals surface area contributed by atoms with E-state index in [-0.39, 0.29) is 5.92 Å². The van der Waals surface area contributed by atoms with E-state index in [4.69, 9.17) is 14.0 Å². The van der Waals surface area contributed by atoms with Gasteiger partial charge >= 0.3 is 14.5 Å². The molecule has 0 aliphatic carbocycles. The number of rotatable bonds is 9. The van der Waals surface area contributed by atoms with Crippen molar-refractivity contribution in [2.24, 2.45) is 5.92 Å². The second-order valence-corrected chi connectivity index (χ2v) is 8.50. The molecule has 0 saturated carbocycles.